The Balaban J connectivity index is 1.07. The van der Waals surface area contributed by atoms with Gasteiger partial charge in [-0.05, 0) is 120 Å². The van der Waals surface area contributed by atoms with Gasteiger partial charge in [0.25, 0.3) is 0 Å². The Morgan fingerprint density at radius 3 is 1.35 bits per heavy atom. The molecule has 0 aliphatic heterocycles. The summed E-state index contributed by atoms with van der Waals surface area (Å²) >= 11 is 0. The Morgan fingerprint density at radius 2 is 0.667 bits per heavy atom. The maximum absolute atomic E-state index is 2.37. The molecule has 268 valence electrons. The molecule has 0 unspecified atom stereocenters. The molecule has 0 saturated heterocycles. The molecule has 0 fully saturated rings. The summed E-state index contributed by atoms with van der Waals surface area (Å²) in [5, 5.41) is 5.02. The van der Waals surface area contributed by atoms with Crippen LogP contribution < -0.4 is 4.90 Å². The number of anilines is 3. The second-order valence-electron chi connectivity index (χ2n) is 14.6. The normalized spacial score (nSPS) is 11.2. The van der Waals surface area contributed by atoms with Crippen molar-refractivity contribution in [2.24, 2.45) is 0 Å². The zero-order valence-corrected chi connectivity index (χ0v) is 31.5. The molecule has 0 aliphatic carbocycles. The van der Waals surface area contributed by atoms with E-state index in [1.165, 1.54) is 77.2 Å². The van der Waals surface area contributed by atoms with Gasteiger partial charge in [-0.2, -0.15) is 0 Å². The van der Waals surface area contributed by atoms with E-state index in [0.717, 1.165) is 17.1 Å². The highest BCUT2D eigenvalue weighted by Crippen LogP contribution is 2.42. The minimum Gasteiger partial charge on any atom is -0.310 e. The van der Waals surface area contributed by atoms with Crippen molar-refractivity contribution in [3.8, 4) is 55.6 Å². The van der Waals surface area contributed by atoms with Crippen molar-refractivity contribution in [1.29, 1.82) is 0 Å². The van der Waals surface area contributed by atoms with Gasteiger partial charge in [0.1, 0.15) is 0 Å². The molecule has 0 N–H and O–H groups in total. The van der Waals surface area contributed by atoms with Gasteiger partial charge < -0.3 is 4.90 Å². The topological polar surface area (TPSA) is 3.24 Å². The minimum atomic E-state index is 1.09. The largest absolute Gasteiger partial charge is 0.310 e. The van der Waals surface area contributed by atoms with Crippen LogP contribution in [0.1, 0.15) is 0 Å². The van der Waals surface area contributed by atoms with Crippen LogP contribution >= 0.6 is 0 Å². The molecule has 0 heterocycles. The average Bonchev–Trinajstić information content (AvgIpc) is 3.30. The lowest BCUT2D eigenvalue weighted by Crippen LogP contribution is -2.10. The molecule has 0 amide bonds. The van der Waals surface area contributed by atoms with Crippen molar-refractivity contribution in [1.82, 2.24) is 0 Å². The molecular weight excluding hydrogens is 687 g/mol. The van der Waals surface area contributed by atoms with E-state index >= 15 is 0 Å². The Hall–Kier alpha value is -7.48. The van der Waals surface area contributed by atoms with Crippen molar-refractivity contribution in [3.63, 3.8) is 0 Å². The van der Waals surface area contributed by atoms with Crippen molar-refractivity contribution in [2.45, 2.75) is 0 Å². The fraction of sp³-hybridized carbons (Fsp3) is 0. The van der Waals surface area contributed by atoms with E-state index in [4.69, 9.17) is 0 Å². The summed E-state index contributed by atoms with van der Waals surface area (Å²) in [6.07, 6.45) is 0. The molecule has 0 bridgehead atoms. The summed E-state index contributed by atoms with van der Waals surface area (Å²) in [6.45, 7) is 0. The number of rotatable bonds is 8. The molecule has 10 rings (SSSR count). The van der Waals surface area contributed by atoms with Crippen LogP contribution in [0.5, 0.6) is 0 Å². The third kappa shape index (κ3) is 6.77. The molecule has 1 heteroatoms. The summed E-state index contributed by atoms with van der Waals surface area (Å²) in [5.74, 6) is 0. The van der Waals surface area contributed by atoms with E-state index in [1.807, 2.05) is 0 Å². The van der Waals surface area contributed by atoms with Crippen molar-refractivity contribution in [2.75, 3.05) is 4.90 Å². The van der Waals surface area contributed by atoms with Gasteiger partial charge in [-0.15, -0.1) is 0 Å². The molecule has 0 spiro atoms. The standard InChI is InChI=1S/C56H39N/c1-3-12-40(13-4-1)42-28-32-50(33-29-42)57(51-34-30-43(31-35-51)49-27-22-41-14-7-8-18-48(41)38-49)52-36-37-55(56(39-52)45-15-5-2-6-16-45)47-25-23-46(24-26-47)54-21-11-19-44-17-9-10-20-53(44)54/h1-39H. The summed E-state index contributed by atoms with van der Waals surface area (Å²) in [7, 11) is 0. The van der Waals surface area contributed by atoms with Crippen LogP contribution in [0.15, 0.2) is 237 Å². The van der Waals surface area contributed by atoms with Gasteiger partial charge >= 0.3 is 0 Å². The Labute approximate surface area is 334 Å². The Morgan fingerprint density at radius 1 is 0.211 bits per heavy atom. The summed E-state index contributed by atoms with van der Waals surface area (Å²) in [5.41, 5.74) is 15.3. The van der Waals surface area contributed by atoms with Crippen LogP contribution in [0, 0.1) is 0 Å². The smallest absolute Gasteiger partial charge is 0.0468 e. The third-order valence-corrected chi connectivity index (χ3v) is 11.1. The van der Waals surface area contributed by atoms with E-state index in [0.29, 0.717) is 0 Å². The number of hydrogen-bond acceptors (Lipinski definition) is 1. The first-order valence-electron chi connectivity index (χ1n) is 19.6. The van der Waals surface area contributed by atoms with E-state index in [1.54, 1.807) is 0 Å². The van der Waals surface area contributed by atoms with Gasteiger partial charge in [0.15, 0.2) is 0 Å². The summed E-state index contributed by atoms with van der Waals surface area (Å²) in [6, 6.07) is 85.7. The van der Waals surface area contributed by atoms with E-state index in [9.17, 15) is 0 Å². The Bertz CT molecular complexity index is 2960. The molecule has 1 nitrogen and oxygen atoms in total. The van der Waals surface area contributed by atoms with Crippen LogP contribution in [0.4, 0.5) is 17.1 Å². The minimum absolute atomic E-state index is 1.09. The second kappa shape index (κ2) is 15.0. The zero-order chi connectivity index (χ0) is 38.0. The van der Waals surface area contributed by atoms with Crippen molar-refractivity contribution in [3.05, 3.63) is 237 Å². The van der Waals surface area contributed by atoms with Gasteiger partial charge in [-0.1, -0.05) is 194 Å². The van der Waals surface area contributed by atoms with Gasteiger partial charge in [0.05, 0.1) is 0 Å². The first-order valence-corrected chi connectivity index (χ1v) is 19.6. The first-order chi connectivity index (χ1) is 28.2. The quantitative estimate of drug-likeness (QED) is 0.151. The molecule has 10 aromatic rings. The lowest BCUT2D eigenvalue weighted by atomic mass is 9.91. The van der Waals surface area contributed by atoms with Gasteiger partial charge in [-0.25, -0.2) is 0 Å². The molecule has 0 aliphatic rings. The highest BCUT2D eigenvalue weighted by atomic mass is 15.1. The molecule has 0 saturated carbocycles. The van der Waals surface area contributed by atoms with Crippen LogP contribution in [-0.2, 0) is 0 Å². The van der Waals surface area contributed by atoms with Crippen molar-refractivity contribution >= 4 is 38.6 Å². The fourth-order valence-corrected chi connectivity index (χ4v) is 8.14. The number of hydrogen-bond donors (Lipinski definition) is 0. The third-order valence-electron chi connectivity index (χ3n) is 11.1. The Kier molecular flexibility index (Phi) is 8.95. The van der Waals surface area contributed by atoms with Gasteiger partial charge in [0, 0.05) is 17.1 Å². The second-order valence-corrected chi connectivity index (χ2v) is 14.6. The molecule has 0 aromatic heterocycles. The van der Waals surface area contributed by atoms with E-state index < -0.39 is 0 Å². The fourth-order valence-electron chi connectivity index (χ4n) is 8.14. The van der Waals surface area contributed by atoms with Crippen LogP contribution in [0.3, 0.4) is 0 Å². The van der Waals surface area contributed by atoms with Crippen LogP contribution in [-0.4, -0.2) is 0 Å². The lowest BCUT2D eigenvalue weighted by Gasteiger charge is -2.27. The lowest BCUT2D eigenvalue weighted by molar-refractivity contribution is 1.28. The summed E-state index contributed by atoms with van der Waals surface area (Å²) < 4.78 is 0. The number of fused-ring (bicyclic) bond motifs is 2. The maximum atomic E-state index is 2.37. The predicted molar refractivity (Wildman–Crippen MR) is 243 cm³/mol. The molecule has 0 atom stereocenters. The highest BCUT2D eigenvalue weighted by molar-refractivity contribution is 5.97. The van der Waals surface area contributed by atoms with E-state index in [-0.39, 0.29) is 0 Å². The number of benzene rings is 10. The van der Waals surface area contributed by atoms with Gasteiger partial charge in [-0.3, -0.25) is 0 Å². The van der Waals surface area contributed by atoms with Gasteiger partial charge in [0.2, 0.25) is 0 Å². The summed E-state index contributed by atoms with van der Waals surface area (Å²) in [4.78, 5) is 2.37. The van der Waals surface area contributed by atoms with Crippen LogP contribution in [0.2, 0.25) is 0 Å². The zero-order valence-electron chi connectivity index (χ0n) is 31.5. The maximum Gasteiger partial charge on any atom is 0.0468 e. The van der Waals surface area contributed by atoms with Crippen LogP contribution in [0.25, 0.3) is 77.2 Å². The molecule has 0 radical (unpaired) electrons. The first kappa shape index (κ1) is 34.0. The molecular formula is C56H39N. The highest BCUT2D eigenvalue weighted by Gasteiger charge is 2.17. The van der Waals surface area contributed by atoms with Crippen molar-refractivity contribution < 1.29 is 0 Å². The van der Waals surface area contributed by atoms with E-state index in [2.05, 4.69) is 241 Å². The average molecular weight is 726 g/mol. The molecule has 57 heavy (non-hydrogen) atoms. The number of nitrogens with zero attached hydrogens (tertiary/aromatic N) is 1. The molecule has 10 aromatic carbocycles. The monoisotopic (exact) mass is 725 g/mol. The predicted octanol–water partition coefficient (Wildman–Crippen LogP) is 15.8. The SMILES string of the molecule is c1ccc(-c2ccc(N(c3ccc(-c4ccc5ccccc5c4)cc3)c3ccc(-c4ccc(-c5cccc6ccccc56)cc4)c(-c4ccccc4)c3)cc2)cc1.